The Balaban J connectivity index is 1.83. The summed E-state index contributed by atoms with van der Waals surface area (Å²) in [5.74, 6) is -0.712. The van der Waals surface area contributed by atoms with Crippen molar-refractivity contribution in [1.29, 1.82) is 0 Å². The van der Waals surface area contributed by atoms with Gasteiger partial charge in [-0.25, -0.2) is 9.78 Å². The van der Waals surface area contributed by atoms with E-state index in [4.69, 9.17) is 32.4 Å². The summed E-state index contributed by atoms with van der Waals surface area (Å²) in [6.07, 6.45) is 0. The summed E-state index contributed by atoms with van der Waals surface area (Å²) in [5, 5.41) is 3.82. The van der Waals surface area contributed by atoms with E-state index in [2.05, 4.69) is 10.3 Å². The van der Waals surface area contributed by atoms with Gasteiger partial charge in [-0.05, 0) is 37.3 Å². The van der Waals surface area contributed by atoms with Crippen molar-refractivity contribution >= 4 is 62.5 Å². The normalized spacial score (nSPS) is 10.9. The summed E-state index contributed by atoms with van der Waals surface area (Å²) in [5.41, 5.74) is 1.54. The van der Waals surface area contributed by atoms with Gasteiger partial charge in [0.2, 0.25) is 5.88 Å². The first kappa shape index (κ1) is 20.4. The number of hydrogen-bond acceptors (Lipinski definition) is 6. The van der Waals surface area contributed by atoms with Crippen molar-refractivity contribution in [2.45, 2.75) is 6.92 Å². The largest absolute Gasteiger partial charge is 0.465 e. The predicted octanol–water partition coefficient (Wildman–Crippen LogP) is 6.21. The predicted molar refractivity (Wildman–Crippen MR) is 118 cm³/mol. The van der Waals surface area contributed by atoms with Crippen molar-refractivity contribution in [1.82, 2.24) is 4.98 Å². The number of furan rings is 1. The first-order chi connectivity index (χ1) is 14.4. The number of aryl methyl sites for hydroxylation is 1. The van der Waals surface area contributed by atoms with Gasteiger partial charge in [-0.2, -0.15) is 0 Å². The number of carbonyl (C=O) groups is 2. The molecule has 152 valence electrons. The molecule has 0 atom stereocenters. The van der Waals surface area contributed by atoms with E-state index in [0.29, 0.717) is 21.4 Å². The third kappa shape index (κ3) is 3.67. The minimum Gasteiger partial charge on any atom is -0.465 e. The molecule has 9 heteroatoms. The summed E-state index contributed by atoms with van der Waals surface area (Å²) in [4.78, 5) is 29.9. The van der Waals surface area contributed by atoms with E-state index in [-0.39, 0.29) is 22.0 Å². The van der Waals surface area contributed by atoms with Crippen LogP contribution in [0.1, 0.15) is 26.5 Å². The molecule has 0 saturated heterocycles. The fourth-order valence-electron chi connectivity index (χ4n) is 3.01. The lowest BCUT2D eigenvalue weighted by Gasteiger charge is -2.07. The number of para-hydroxylation sites is 1. The summed E-state index contributed by atoms with van der Waals surface area (Å²) in [6.45, 7) is 1.62. The number of carbonyl (C=O) groups excluding carboxylic acids is 2. The van der Waals surface area contributed by atoms with Gasteiger partial charge in [0.1, 0.15) is 16.3 Å². The number of fused-ring (bicyclic) bond motifs is 1. The van der Waals surface area contributed by atoms with Gasteiger partial charge in [0.25, 0.3) is 5.91 Å². The topological polar surface area (TPSA) is 81.4 Å². The average molecular weight is 461 g/mol. The molecule has 0 unspecified atom stereocenters. The maximum Gasteiger partial charge on any atom is 0.342 e. The zero-order valence-electron chi connectivity index (χ0n) is 15.8. The highest BCUT2D eigenvalue weighted by molar-refractivity contribution is 7.21. The van der Waals surface area contributed by atoms with Crippen LogP contribution in [0.3, 0.4) is 0 Å². The lowest BCUT2D eigenvalue weighted by molar-refractivity contribution is 0.0599. The van der Waals surface area contributed by atoms with E-state index in [0.717, 1.165) is 10.2 Å². The number of methoxy groups -OCH3 is 1. The summed E-state index contributed by atoms with van der Waals surface area (Å²) in [7, 11) is 1.28. The van der Waals surface area contributed by atoms with Gasteiger partial charge in [-0.15, -0.1) is 11.3 Å². The zero-order chi connectivity index (χ0) is 21.4. The number of amides is 1. The van der Waals surface area contributed by atoms with Crippen LogP contribution in [-0.4, -0.2) is 24.0 Å². The molecule has 1 N–H and O–H groups in total. The van der Waals surface area contributed by atoms with E-state index < -0.39 is 11.9 Å². The lowest BCUT2D eigenvalue weighted by atomic mass is 10.1. The number of ether oxygens (including phenoxy) is 1. The molecule has 0 aliphatic rings. The number of anilines is 1. The van der Waals surface area contributed by atoms with Crippen LogP contribution in [0.15, 0.2) is 46.9 Å². The van der Waals surface area contributed by atoms with Crippen LogP contribution in [0.25, 0.3) is 20.8 Å². The van der Waals surface area contributed by atoms with Crippen molar-refractivity contribution in [2.24, 2.45) is 0 Å². The van der Waals surface area contributed by atoms with Gasteiger partial charge in [0.05, 0.1) is 33.5 Å². The molecular weight excluding hydrogens is 447 g/mol. The number of hydrogen-bond donors (Lipinski definition) is 1. The molecule has 0 radical (unpaired) electrons. The van der Waals surface area contributed by atoms with Crippen LogP contribution in [0.4, 0.5) is 5.88 Å². The Kier molecular flexibility index (Phi) is 5.51. The molecule has 2 aromatic heterocycles. The van der Waals surface area contributed by atoms with Gasteiger partial charge in [0, 0.05) is 5.02 Å². The summed E-state index contributed by atoms with van der Waals surface area (Å²) < 4.78 is 11.6. The highest BCUT2D eigenvalue weighted by Crippen LogP contribution is 2.41. The molecule has 6 nitrogen and oxygen atoms in total. The fourth-order valence-corrected chi connectivity index (χ4v) is 4.52. The first-order valence-corrected chi connectivity index (χ1v) is 10.3. The molecule has 0 aliphatic carbocycles. The zero-order valence-corrected chi connectivity index (χ0v) is 18.1. The van der Waals surface area contributed by atoms with E-state index in [9.17, 15) is 9.59 Å². The minimum atomic E-state index is -0.587. The molecule has 4 rings (SSSR count). The Labute approximate surface area is 185 Å². The SMILES string of the molecule is COC(=O)c1c(C)oc(NC(=O)c2ccc(Cl)cc2Cl)c1-c1nc2ccccc2s1. The maximum absolute atomic E-state index is 12.8. The average Bonchev–Trinajstić information content (AvgIpc) is 3.27. The van der Waals surface area contributed by atoms with Crippen LogP contribution >= 0.6 is 34.5 Å². The van der Waals surface area contributed by atoms with Gasteiger partial charge in [0.15, 0.2) is 0 Å². The smallest absolute Gasteiger partial charge is 0.342 e. The molecule has 2 aromatic carbocycles. The number of nitrogens with one attached hydrogen (secondary N) is 1. The third-order valence-electron chi connectivity index (χ3n) is 4.38. The van der Waals surface area contributed by atoms with Crippen molar-refractivity contribution in [3.8, 4) is 10.6 Å². The molecule has 2 heterocycles. The molecule has 0 fully saturated rings. The monoisotopic (exact) mass is 460 g/mol. The highest BCUT2D eigenvalue weighted by atomic mass is 35.5. The fraction of sp³-hybridized carbons (Fsp3) is 0.0952. The van der Waals surface area contributed by atoms with E-state index in [1.54, 1.807) is 13.0 Å². The van der Waals surface area contributed by atoms with Gasteiger partial charge >= 0.3 is 5.97 Å². The number of rotatable bonds is 4. The maximum atomic E-state index is 12.8. The quantitative estimate of drug-likeness (QED) is 0.366. The summed E-state index contributed by atoms with van der Waals surface area (Å²) in [6, 6.07) is 12.1. The summed E-state index contributed by atoms with van der Waals surface area (Å²) >= 11 is 13.4. The number of benzene rings is 2. The number of nitrogens with zero attached hydrogens (tertiary/aromatic N) is 1. The standard InChI is InChI=1S/C21H14Cl2N2O4S/c1-10-16(21(27)28-2)17(20-24-14-5-3-4-6-15(14)30-20)19(29-10)25-18(26)12-8-7-11(22)9-13(12)23/h3-9H,1-2H3,(H,25,26). The van der Waals surface area contributed by atoms with E-state index in [1.807, 2.05) is 24.3 Å². The second-order valence-electron chi connectivity index (χ2n) is 6.29. The van der Waals surface area contributed by atoms with Crippen LogP contribution in [0, 0.1) is 6.92 Å². The lowest BCUT2D eigenvalue weighted by Crippen LogP contribution is -2.13. The molecular formula is C21H14Cl2N2O4S. The molecule has 0 spiro atoms. The molecule has 0 bridgehead atoms. The van der Waals surface area contributed by atoms with Crippen molar-refractivity contribution < 1.29 is 18.7 Å². The number of esters is 1. The van der Waals surface area contributed by atoms with Crippen LogP contribution in [0.5, 0.6) is 0 Å². The van der Waals surface area contributed by atoms with E-state index >= 15 is 0 Å². The third-order valence-corrected chi connectivity index (χ3v) is 5.99. The van der Waals surface area contributed by atoms with Crippen LogP contribution in [-0.2, 0) is 4.74 Å². The van der Waals surface area contributed by atoms with E-state index in [1.165, 1.54) is 30.6 Å². The molecule has 4 aromatic rings. The Hall–Kier alpha value is -2.87. The first-order valence-electron chi connectivity index (χ1n) is 8.73. The van der Waals surface area contributed by atoms with Crippen LogP contribution < -0.4 is 5.32 Å². The molecule has 0 aliphatic heterocycles. The highest BCUT2D eigenvalue weighted by Gasteiger charge is 2.29. The molecule has 30 heavy (non-hydrogen) atoms. The van der Waals surface area contributed by atoms with Gasteiger partial charge < -0.3 is 9.15 Å². The van der Waals surface area contributed by atoms with Crippen molar-refractivity contribution in [3.63, 3.8) is 0 Å². The Morgan fingerprint density at radius 2 is 1.93 bits per heavy atom. The van der Waals surface area contributed by atoms with Gasteiger partial charge in [-0.3, -0.25) is 10.1 Å². The number of aromatic nitrogens is 1. The van der Waals surface area contributed by atoms with Crippen molar-refractivity contribution in [3.05, 3.63) is 69.4 Å². The number of thiazole rings is 1. The second kappa shape index (κ2) is 8.10. The second-order valence-corrected chi connectivity index (χ2v) is 8.17. The Bertz CT molecular complexity index is 1260. The Morgan fingerprint density at radius 3 is 2.63 bits per heavy atom. The van der Waals surface area contributed by atoms with Crippen molar-refractivity contribution in [2.75, 3.05) is 12.4 Å². The molecule has 0 saturated carbocycles. The number of halogens is 2. The Morgan fingerprint density at radius 1 is 1.17 bits per heavy atom. The van der Waals surface area contributed by atoms with Gasteiger partial charge in [-0.1, -0.05) is 35.3 Å². The minimum absolute atomic E-state index is 0.0861. The molecule has 1 amide bonds. The van der Waals surface area contributed by atoms with Crippen LogP contribution in [0.2, 0.25) is 10.0 Å².